The number of aromatic amines is 2. The molecule has 0 saturated heterocycles. The smallest absolute Gasteiger partial charge is 0.340 e. The number of carbonyl (C=O) groups is 1. The van der Waals surface area contributed by atoms with Gasteiger partial charge in [-0.15, -0.1) is 11.3 Å². The predicted molar refractivity (Wildman–Crippen MR) is 83.2 cm³/mol. The fourth-order valence-corrected chi connectivity index (χ4v) is 3.36. The lowest BCUT2D eigenvalue weighted by atomic mass is 10.1. The summed E-state index contributed by atoms with van der Waals surface area (Å²) >= 11 is 13.2. The largest absolute Gasteiger partial charge is 0.356 e. The minimum atomic E-state index is -0.345. The van der Waals surface area contributed by atoms with Gasteiger partial charge < -0.3 is 5.32 Å². The average molecular weight is 349 g/mol. The van der Waals surface area contributed by atoms with Crippen LogP contribution in [0, 0.1) is 0 Å². The van der Waals surface area contributed by atoms with Crippen LogP contribution < -0.4 is 11.0 Å². The number of nitrogens with zero attached hydrogens (tertiary/aromatic N) is 1. The third-order valence-corrected chi connectivity index (χ3v) is 4.38. The van der Waals surface area contributed by atoms with Gasteiger partial charge in [0.05, 0.1) is 8.67 Å². The zero-order valence-electron chi connectivity index (χ0n) is 11.0. The van der Waals surface area contributed by atoms with Gasteiger partial charge in [0.1, 0.15) is 5.82 Å². The van der Waals surface area contributed by atoms with Crippen molar-refractivity contribution in [3.8, 4) is 0 Å². The van der Waals surface area contributed by atoms with E-state index in [1.165, 1.54) is 11.3 Å². The molecular formula is C12H14Cl2N4O2S. The van der Waals surface area contributed by atoms with E-state index in [4.69, 9.17) is 23.2 Å². The number of aryl methyl sites for hydroxylation is 1. The number of carbonyl (C=O) groups excluding carboxylic acids is 1. The molecule has 2 aromatic rings. The van der Waals surface area contributed by atoms with E-state index < -0.39 is 0 Å². The van der Waals surface area contributed by atoms with E-state index in [0.717, 1.165) is 12.0 Å². The normalized spacial score (nSPS) is 10.8. The van der Waals surface area contributed by atoms with Gasteiger partial charge >= 0.3 is 5.69 Å². The van der Waals surface area contributed by atoms with Gasteiger partial charge in [0.15, 0.2) is 0 Å². The fourth-order valence-electron chi connectivity index (χ4n) is 1.82. The van der Waals surface area contributed by atoms with Crippen molar-refractivity contribution in [1.82, 2.24) is 20.5 Å². The van der Waals surface area contributed by atoms with E-state index in [1.807, 2.05) is 6.07 Å². The number of amides is 1. The summed E-state index contributed by atoms with van der Waals surface area (Å²) < 4.78 is 1.34. The zero-order valence-corrected chi connectivity index (χ0v) is 13.4. The average Bonchev–Trinajstić information content (AvgIpc) is 2.96. The summed E-state index contributed by atoms with van der Waals surface area (Å²) in [5.74, 6) is 0.491. The summed E-state index contributed by atoms with van der Waals surface area (Å²) in [5.41, 5.74) is 0.635. The minimum absolute atomic E-state index is 0.0367. The van der Waals surface area contributed by atoms with Crippen LogP contribution >= 0.6 is 34.5 Å². The maximum absolute atomic E-state index is 11.7. The maximum atomic E-state index is 11.7. The molecule has 1 amide bonds. The Bertz CT molecular complexity index is 664. The van der Waals surface area contributed by atoms with Gasteiger partial charge in [0.25, 0.3) is 0 Å². The first-order valence-corrected chi connectivity index (χ1v) is 7.96. The van der Waals surface area contributed by atoms with Crippen molar-refractivity contribution in [2.24, 2.45) is 0 Å². The number of thiophene rings is 1. The van der Waals surface area contributed by atoms with Crippen molar-refractivity contribution in [1.29, 1.82) is 0 Å². The van der Waals surface area contributed by atoms with Crippen LogP contribution in [0.25, 0.3) is 0 Å². The molecule has 0 saturated carbocycles. The molecule has 0 bridgehead atoms. The molecule has 0 atom stereocenters. The fraction of sp³-hybridized carbons (Fsp3) is 0.417. The second kappa shape index (κ2) is 7.63. The van der Waals surface area contributed by atoms with Crippen molar-refractivity contribution in [3.05, 3.63) is 36.6 Å². The zero-order chi connectivity index (χ0) is 15.2. The van der Waals surface area contributed by atoms with Crippen molar-refractivity contribution >= 4 is 40.4 Å². The third kappa shape index (κ3) is 5.18. The number of nitrogens with one attached hydrogen (secondary N) is 3. The Morgan fingerprint density at radius 1 is 1.38 bits per heavy atom. The van der Waals surface area contributed by atoms with E-state index in [9.17, 15) is 9.59 Å². The van der Waals surface area contributed by atoms with Crippen molar-refractivity contribution in [3.63, 3.8) is 0 Å². The highest BCUT2D eigenvalue weighted by Crippen LogP contribution is 2.31. The SMILES string of the molecule is O=C(CCCc1cc(Cl)sc1Cl)NCCc1n[nH]c(=O)[nH]1. The lowest BCUT2D eigenvalue weighted by molar-refractivity contribution is -0.121. The lowest BCUT2D eigenvalue weighted by Crippen LogP contribution is -2.25. The number of aromatic nitrogens is 3. The van der Waals surface area contributed by atoms with Gasteiger partial charge in [0.2, 0.25) is 5.91 Å². The Labute approximate surface area is 134 Å². The first-order valence-electron chi connectivity index (χ1n) is 6.38. The molecule has 0 aromatic carbocycles. The molecule has 0 aliphatic heterocycles. The third-order valence-electron chi connectivity index (χ3n) is 2.81. The van der Waals surface area contributed by atoms with Gasteiger partial charge in [0, 0.05) is 19.4 Å². The Hall–Kier alpha value is -1.31. The molecule has 0 aliphatic rings. The molecular weight excluding hydrogens is 335 g/mol. The Morgan fingerprint density at radius 2 is 2.19 bits per heavy atom. The first-order chi connectivity index (χ1) is 10.0. The molecule has 6 nitrogen and oxygen atoms in total. The van der Waals surface area contributed by atoms with Crippen molar-refractivity contribution in [2.45, 2.75) is 25.7 Å². The Morgan fingerprint density at radius 3 is 2.81 bits per heavy atom. The maximum Gasteiger partial charge on any atom is 0.340 e. The highest BCUT2D eigenvalue weighted by Gasteiger charge is 2.07. The van der Waals surface area contributed by atoms with E-state index in [0.29, 0.717) is 40.3 Å². The quantitative estimate of drug-likeness (QED) is 0.715. The van der Waals surface area contributed by atoms with Crippen molar-refractivity contribution < 1.29 is 4.79 Å². The van der Waals surface area contributed by atoms with E-state index in [-0.39, 0.29) is 11.6 Å². The summed E-state index contributed by atoms with van der Waals surface area (Å²) in [6, 6.07) is 1.83. The molecule has 9 heteroatoms. The van der Waals surface area contributed by atoms with E-state index in [1.54, 1.807) is 0 Å². The summed E-state index contributed by atoms with van der Waals surface area (Å²) in [5, 5.41) is 8.80. The van der Waals surface area contributed by atoms with Gasteiger partial charge in [-0.25, -0.2) is 9.89 Å². The molecule has 114 valence electrons. The number of hydrogen-bond acceptors (Lipinski definition) is 4. The first kappa shape index (κ1) is 16.1. The van der Waals surface area contributed by atoms with Gasteiger partial charge in [-0.3, -0.25) is 9.78 Å². The summed E-state index contributed by atoms with van der Waals surface area (Å²) in [4.78, 5) is 25.0. The molecule has 2 rings (SSSR count). The molecule has 0 unspecified atom stereocenters. The molecule has 2 heterocycles. The topological polar surface area (TPSA) is 90.6 Å². The lowest BCUT2D eigenvalue weighted by Gasteiger charge is -2.03. The van der Waals surface area contributed by atoms with Crippen LogP contribution in [-0.2, 0) is 17.6 Å². The Balaban J connectivity index is 1.63. The van der Waals surface area contributed by atoms with E-state index >= 15 is 0 Å². The molecule has 0 spiro atoms. The molecule has 3 N–H and O–H groups in total. The summed E-state index contributed by atoms with van der Waals surface area (Å²) in [6.07, 6.45) is 2.33. The molecule has 0 aliphatic carbocycles. The van der Waals surface area contributed by atoms with Crippen molar-refractivity contribution in [2.75, 3.05) is 6.54 Å². The second-order valence-corrected chi connectivity index (χ2v) is 6.71. The van der Waals surface area contributed by atoms with Crippen LogP contribution in [0.3, 0.4) is 0 Å². The number of halogens is 2. The predicted octanol–water partition coefficient (Wildman–Crippen LogP) is 2.15. The highest BCUT2D eigenvalue weighted by molar-refractivity contribution is 7.20. The van der Waals surface area contributed by atoms with Gasteiger partial charge in [-0.1, -0.05) is 23.2 Å². The number of hydrogen-bond donors (Lipinski definition) is 3. The van der Waals surface area contributed by atoms with Crippen LogP contribution in [0.4, 0.5) is 0 Å². The summed E-state index contributed by atoms with van der Waals surface area (Å²) in [7, 11) is 0. The number of rotatable bonds is 7. The highest BCUT2D eigenvalue weighted by atomic mass is 35.5. The van der Waals surface area contributed by atoms with Crippen LogP contribution in [0.2, 0.25) is 8.67 Å². The van der Waals surface area contributed by atoms with Crippen LogP contribution in [0.1, 0.15) is 24.2 Å². The van der Waals surface area contributed by atoms with Crippen LogP contribution in [0.15, 0.2) is 10.9 Å². The second-order valence-electron chi connectivity index (χ2n) is 4.43. The van der Waals surface area contributed by atoms with E-state index in [2.05, 4.69) is 20.5 Å². The van der Waals surface area contributed by atoms with Crippen LogP contribution in [0.5, 0.6) is 0 Å². The molecule has 0 fully saturated rings. The monoisotopic (exact) mass is 348 g/mol. The van der Waals surface area contributed by atoms with Crippen LogP contribution in [-0.4, -0.2) is 27.6 Å². The number of H-pyrrole nitrogens is 2. The molecule has 0 radical (unpaired) electrons. The Kier molecular flexibility index (Phi) is 5.84. The molecule has 2 aromatic heterocycles. The van der Waals surface area contributed by atoms with Gasteiger partial charge in [-0.05, 0) is 24.5 Å². The van der Waals surface area contributed by atoms with Gasteiger partial charge in [-0.2, -0.15) is 5.10 Å². The minimum Gasteiger partial charge on any atom is -0.356 e. The standard InChI is InChI=1S/C12H14Cl2N4O2S/c13-8-6-7(11(14)21-8)2-1-3-10(19)15-5-4-9-16-12(20)18-17-9/h6H,1-5H2,(H,15,19)(H2,16,17,18,20). The molecule has 21 heavy (non-hydrogen) atoms. The summed E-state index contributed by atoms with van der Waals surface area (Å²) in [6.45, 7) is 0.435.